The molecule has 0 amide bonds. The highest BCUT2D eigenvalue weighted by atomic mass is 16.3. The highest BCUT2D eigenvalue weighted by molar-refractivity contribution is 6.10. The Labute approximate surface area is 197 Å². The maximum absolute atomic E-state index is 9.18. The third-order valence-corrected chi connectivity index (χ3v) is 7.04. The molecule has 3 nitrogen and oxygen atoms in total. The molecular formula is C29H31N2O+. The molecule has 0 saturated heterocycles. The molecule has 162 valence electrons. The van der Waals surface area contributed by atoms with Gasteiger partial charge in [-0.15, -0.1) is 0 Å². The minimum atomic E-state index is -2.32. The van der Waals surface area contributed by atoms with Gasteiger partial charge in [0.25, 0.3) is 0 Å². The molecule has 0 unspecified atom stereocenters. The topological polar surface area (TPSA) is 21.4 Å². The average Bonchev–Trinajstić information content (AvgIpc) is 3.20. The normalized spacial score (nSPS) is 18.5. The summed E-state index contributed by atoms with van der Waals surface area (Å²) >= 11 is 0. The smallest absolute Gasteiger partial charge is 0.216 e. The number of furan rings is 1. The Morgan fingerprint density at radius 2 is 1.91 bits per heavy atom. The maximum Gasteiger partial charge on any atom is 0.216 e. The molecule has 0 spiro atoms. The van der Waals surface area contributed by atoms with Gasteiger partial charge in [-0.1, -0.05) is 37.5 Å². The fourth-order valence-electron chi connectivity index (χ4n) is 5.05. The van der Waals surface area contributed by atoms with Gasteiger partial charge in [-0.05, 0) is 62.2 Å². The van der Waals surface area contributed by atoms with Crippen molar-refractivity contribution in [3.8, 4) is 11.3 Å². The van der Waals surface area contributed by atoms with Crippen molar-refractivity contribution >= 4 is 27.6 Å². The molecule has 1 aliphatic carbocycles. The summed E-state index contributed by atoms with van der Waals surface area (Å²) in [5, 5.41) is 1.72. The maximum atomic E-state index is 9.18. The van der Waals surface area contributed by atoms with E-state index < -0.39 is 12.7 Å². The predicted octanol–water partition coefficient (Wildman–Crippen LogP) is 7.91. The molecule has 1 saturated carbocycles. The number of aryl methyl sites for hydroxylation is 1. The van der Waals surface area contributed by atoms with Gasteiger partial charge < -0.3 is 4.42 Å². The molecular weight excluding hydrogens is 392 g/mol. The van der Waals surface area contributed by atoms with Gasteiger partial charge in [0.1, 0.15) is 18.2 Å². The van der Waals surface area contributed by atoms with E-state index in [-0.39, 0.29) is 11.6 Å². The Bertz CT molecular complexity index is 1590. The molecule has 0 atom stereocenters. The number of pyridine rings is 1. The summed E-state index contributed by atoms with van der Waals surface area (Å²) < 4.78 is 50.4. The summed E-state index contributed by atoms with van der Waals surface area (Å²) in [6.45, 7) is 10.9. The van der Waals surface area contributed by atoms with Crippen LogP contribution in [0.2, 0.25) is 0 Å². The van der Waals surface area contributed by atoms with Crippen LogP contribution in [-0.4, -0.2) is 0 Å². The molecule has 0 N–H and O–H groups in total. The summed E-state index contributed by atoms with van der Waals surface area (Å²) in [6.07, 6.45) is 4.59. The average molecular weight is 429 g/mol. The third-order valence-electron chi connectivity index (χ3n) is 7.04. The minimum absolute atomic E-state index is 0.158. The van der Waals surface area contributed by atoms with E-state index in [4.69, 9.17) is 16.5 Å². The molecule has 0 radical (unpaired) electrons. The van der Waals surface area contributed by atoms with Gasteiger partial charge in [-0.25, -0.2) is 4.85 Å². The van der Waals surface area contributed by atoms with E-state index in [1.807, 2.05) is 25.1 Å². The standard InChI is InChI=1S/C29H31N2O/c1-17-12-13-22-24-15-23(21-10-8-7-9-11-21)25(30-5)16-27(24)32-29(22)28(17)26-14-18(2)19(3)20(4)31(26)6/h12-16,21H,7-11H2,1-4,6H3/q+1/i3D3,14D,21D. The summed E-state index contributed by atoms with van der Waals surface area (Å²) in [6, 6.07) is 7.89. The lowest BCUT2D eigenvalue weighted by Crippen LogP contribution is -2.36. The lowest BCUT2D eigenvalue weighted by atomic mass is 9.83. The Morgan fingerprint density at radius 3 is 2.62 bits per heavy atom. The van der Waals surface area contributed by atoms with Crippen molar-refractivity contribution in [1.82, 2.24) is 0 Å². The first-order valence-electron chi connectivity index (χ1n) is 13.8. The van der Waals surface area contributed by atoms with Gasteiger partial charge in [0, 0.05) is 34.8 Å². The first-order valence-corrected chi connectivity index (χ1v) is 11.3. The van der Waals surface area contributed by atoms with Crippen molar-refractivity contribution in [1.29, 1.82) is 0 Å². The summed E-state index contributed by atoms with van der Waals surface area (Å²) in [7, 11) is 1.79. The molecule has 0 aliphatic heterocycles. The van der Waals surface area contributed by atoms with Gasteiger partial charge in [0.05, 0.1) is 13.5 Å². The van der Waals surface area contributed by atoms with Crippen molar-refractivity contribution in [2.24, 2.45) is 7.05 Å². The van der Waals surface area contributed by atoms with Crippen molar-refractivity contribution in [2.75, 3.05) is 0 Å². The van der Waals surface area contributed by atoms with Gasteiger partial charge >= 0.3 is 0 Å². The van der Waals surface area contributed by atoms with E-state index in [0.29, 0.717) is 33.8 Å². The first kappa shape index (κ1) is 15.6. The van der Waals surface area contributed by atoms with Crippen LogP contribution in [0.4, 0.5) is 5.69 Å². The Balaban J connectivity index is 1.84. The first-order chi connectivity index (χ1) is 17.4. The van der Waals surface area contributed by atoms with Crippen molar-refractivity contribution in [3.05, 3.63) is 69.7 Å². The summed E-state index contributed by atoms with van der Waals surface area (Å²) in [5.74, 6) is -0.774. The molecule has 3 heteroatoms. The fourth-order valence-corrected chi connectivity index (χ4v) is 5.05. The van der Waals surface area contributed by atoms with Crippen LogP contribution < -0.4 is 4.57 Å². The van der Waals surface area contributed by atoms with E-state index in [0.717, 1.165) is 59.6 Å². The summed E-state index contributed by atoms with van der Waals surface area (Å²) in [5.41, 5.74) is 5.89. The zero-order valence-electron chi connectivity index (χ0n) is 24.1. The SMILES string of the molecule is [2H]c1c(C)c(C([2H])([2H])[2H])c(C)[n+](C)c1-c1c(C)ccc2c1oc1cc([N+]#[C-])c(C3([2H])CCCCC3)cc12. The third kappa shape index (κ3) is 3.13. The van der Waals surface area contributed by atoms with Crippen LogP contribution in [0.3, 0.4) is 0 Å². The van der Waals surface area contributed by atoms with E-state index in [2.05, 4.69) is 4.85 Å². The molecule has 1 fully saturated rings. The zero-order valence-corrected chi connectivity index (χ0v) is 19.1. The van der Waals surface area contributed by atoms with Crippen LogP contribution in [0.5, 0.6) is 0 Å². The van der Waals surface area contributed by atoms with E-state index in [1.54, 1.807) is 31.5 Å². The van der Waals surface area contributed by atoms with Crippen LogP contribution in [0.15, 0.2) is 34.7 Å². The van der Waals surface area contributed by atoms with E-state index in [9.17, 15) is 1.37 Å². The van der Waals surface area contributed by atoms with Crippen molar-refractivity contribution in [2.45, 2.75) is 65.6 Å². The van der Waals surface area contributed by atoms with Gasteiger partial charge in [0.2, 0.25) is 5.69 Å². The second kappa shape index (κ2) is 7.78. The number of hydrogen-bond acceptors (Lipinski definition) is 1. The van der Waals surface area contributed by atoms with Crippen LogP contribution in [0.1, 0.15) is 72.8 Å². The molecule has 5 rings (SSSR count). The number of fused-ring (bicyclic) bond motifs is 3. The second-order valence-corrected chi connectivity index (χ2v) is 9.00. The Morgan fingerprint density at radius 1 is 1.12 bits per heavy atom. The van der Waals surface area contributed by atoms with Crippen LogP contribution in [0.25, 0.3) is 38.0 Å². The predicted molar refractivity (Wildman–Crippen MR) is 131 cm³/mol. The molecule has 2 heterocycles. The molecule has 4 aromatic rings. The van der Waals surface area contributed by atoms with Gasteiger partial charge in [-0.2, -0.15) is 4.57 Å². The lowest BCUT2D eigenvalue weighted by molar-refractivity contribution is -0.667. The number of hydrogen-bond donors (Lipinski definition) is 0. The second-order valence-electron chi connectivity index (χ2n) is 9.00. The molecule has 2 aromatic heterocycles. The molecule has 1 aliphatic rings. The van der Waals surface area contributed by atoms with Crippen LogP contribution in [-0.2, 0) is 7.05 Å². The van der Waals surface area contributed by atoms with E-state index in [1.165, 1.54) is 0 Å². The molecule has 2 aromatic carbocycles. The number of rotatable bonds is 2. The highest BCUT2D eigenvalue weighted by Crippen LogP contribution is 2.44. The minimum Gasteiger partial charge on any atom is -0.456 e. The lowest BCUT2D eigenvalue weighted by Gasteiger charge is -2.23. The highest BCUT2D eigenvalue weighted by Gasteiger charge is 2.25. The quantitative estimate of drug-likeness (QED) is 0.235. The van der Waals surface area contributed by atoms with Crippen LogP contribution in [0, 0.1) is 34.2 Å². The summed E-state index contributed by atoms with van der Waals surface area (Å²) in [4.78, 5) is 3.78. The molecule has 0 bridgehead atoms. The van der Waals surface area contributed by atoms with Gasteiger partial charge in [0.15, 0.2) is 11.4 Å². The Kier molecular flexibility index (Phi) is 3.80. The van der Waals surface area contributed by atoms with Crippen LogP contribution >= 0.6 is 0 Å². The van der Waals surface area contributed by atoms with Crippen molar-refractivity contribution < 1.29 is 15.8 Å². The van der Waals surface area contributed by atoms with Crippen molar-refractivity contribution in [3.63, 3.8) is 0 Å². The number of aromatic nitrogens is 1. The van der Waals surface area contributed by atoms with Gasteiger partial charge in [-0.3, -0.25) is 0 Å². The Hall–Kier alpha value is -3.12. The fraction of sp³-hybridized carbons (Fsp3) is 0.379. The zero-order chi connectivity index (χ0) is 26.9. The van der Waals surface area contributed by atoms with E-state index >= 15 is 0 Å². The molecule has 32 heavy (non-hydrogen) atoms. The number of benzene rings is 2. The number of nitrogens with zero attached hydrogens (tertiary/aromatic N) is 2. The monoisotopic (exact) mass is 428 g/mol. The largest absolute Gasteiger partial charge is 0.456 e.